The van der Waals surface area contributed by atoms with E-state index >= 15 is 0 Å². The quantitative estimate of drug-likeness (QED) is 0.0261. The van der Waals surface area contributed by atoms with Gasteiger partial charge in [-0.15, -0.1) is 0 Å². The Balaban J connectivity index is 4.52. The predicted octanol–water partition coefficient (Wildman–Crippen LogP) is 20.7. The van der Waals surface area contributed by atoms with Crippen LogP contribution in [0, 0.1) is 0 Å². The molecule has 0 aromatic carbocycles. The van der Waals surface area contributed by atoms with E-state index in [2.05, 4.69) is 124 Å². The van der Waals surface area contributed by atoms with Crippen molar-refractivity contribution in [1.29, 1.82) is 0 Å². The lowest BCUT2D eigenvalue weighted by molar-refractivity contribution is -0.166. The summed E-state index contributed by atoms with van der Waals surface area (Å²) in [5.41, 5.74) is 0. The molecule has 0 N–H and O–H groups in total. The SMILES string of the molecule is CC/C=C\C/C=C\C/C=C\C/C=C\C/C=C\C/C=C\CCC(=O)OC[C@@H](COC(=O)CCCCCCCCCCCCCCCCCCC)OC(=O)CCCCCCCC/C=C\C/C=C\C/C=C\CCCCC. The van der Waals surface area contributed by atoms with E-state index in [1.165, 1.54) is 128 Å². The van der Waals surface area contributed by atoms with Gasteiger partial charge >= 0.3 is 17.9 Å². The first-order valence-electron chi connectivity index (χ1n) is 30.4. The summed E-state index contributed by atoms with van der Waals surface area (Å²) in [6.45, 7) is 6.44. The molecule has 0 saturated heterocycles. The Morgan fingerprint density at radius 1 is 0.288 bits per heavy atom. The topological polar surface area (TPSA) is 78.9 Å². The molecule has 0 aromatic heterocycles. The molecular weight excluding hydrogens is 901 g/mol. The molecule has 0 fully saturated rings. The summed E-state index contributed by atoms with van der Waals surface area (Å²) >= 11 is 0. The number of carbonyl (C=O) groups is 3. The van der Waals surface area contributed by atoms with Gasteiger partial charge < -0.3 is 14.2 Å². The van der Waals surface area contributed by atoms with Crippen molar-refractivity contribution in [3.8, 4) is 0 Å². The molecule has 416 valence electrons. The summed E-state index contributed by atoms with van der Waals surface area (Å²) in [6.07, 6.45) is 82.3. The zero-order chi connectivity index (χ0) is 52.9. The van der Waals surface area contributed by atoms with Gasteiger partial charge in [0.05, 0.1) is 0 Å². The predicted molar refractivity (Wildman–Crippen MR) is 316 cm³/mol. The molecule has 0 aliphatic heterocycles. The van der Waals surface area contributed by atoms with Crippen LogP contribution in [0.5, 0.6) is 0 Å². The third kappa shape index (κ3) is 58.8. The van der Waals surface area contributed by atoms with Gasteiger partial charge in [0.25, 0.3) is 0 Å². The van der Waals surface area contributed by atoms with Gasteiger partial charge in [0.15, 0.2) is 6.10 Å². The van der Waals surface area contributed by atoms with Gasteiger partial charge in [0.2, 0.25) is 0 Å². The zero-order valence-corrected chi connectivity index (χ0v) is 47.6. The number of hydrogen-bond acceptors (Lipinski definition) is 6. The van der Waals surface area contributed by atoms with Crippen LogP contribution in [-0.4, -0.2) is 37.2 Å². The molecule has 6 heteroatoms. The molecular formula is C67H112O6. The maximum atomic E-state index is 12.9. The summed E-state index contributed by atoms with van der Waals surface area (Å²) in [5.74, 6) is -1.00. The van der Waals surface area contributed by atoms with Crippen LogP contribution in [0.15, 0.2) is 109 Å². The lowest BCUT2D eigenvalue weighted by Crippen LogP contribution is -2.30. The molecule has 0 rings (SSSR count). The normalized spacial score (nSPS) is 12.9. The van der Waals surface area contributed by atoms with Crippen molar-refractivity contribution in [3.63, 3.8) is 0 Å². The number of carbonyl (C=O) groups excluding carboxylic acids is 3. The third-order valence-electron chi connectivity index (χ3n) is 12.8. The highest BCUT2D eigenvalue weighted by atomic mass is 16.6. The second-order valence-corrected chi connectivity index (χ2v) is 19.9. The number of ether oxygens (including phenoxy) is 3. The molecule has 0 unspecified atom stereocenters. The number of unbranched alkanes of at least 4 members (excludes halogenated alkanes) is 25. The van der Waals surface area contributed by atoms with E-state index in [4.69, 9.17) is 14.2 Å². The van der Waals surface area contributed by atoms with E-state index in [9.17, 15) is 14.4 Å². The van der Waals surface area contributed by atoms with E-state index in [1.807, 2.05) is 6.08 Å². The molecule has 0 bridgehead atoms. The fourth-order valence-corrected chi connectivity index (χ4v) is 8.24. The molecule has 1 atom stereocenters. The van der Waals surface area contributed by atoms with Crippen molar-refractivity contribution in [2.75, 3.05) is 13.2 Å². The van der Waals surface area contributed by atoms with Gasteiger partial charge in [-0.25, -0.2) is 0 Å². The Kier molecular flexibility index (Phi) is 57.4. The van der Waals surface area contributed by atoms with Crippen molar-refractivity contribution in [3.05, 3.63) is 109 Å². The number of esters is 3. The summed E-state index contributed by atoms with van der Waals surface area (Å²) in [5, 5.41) is 0. The molecule has 0 amide bonds. The van der Waals surface area contributed by atoms with E-state index in [0.717, 1.165) is 103 Å². The molecule has 0 radical (unpaired) electrons. The maximum Gasteiger partial charge on any atom is 0.306 e. The summed E-state index contributed by atoms with van der Waals surface area (Å²) in [6, 6.07) is 0. The van der Waals surface area contributed by atoms with Gasteiger partial charge in [-0.2, -0.15) is 0 Å². The second-order valence-electron chi connectivity index (χ2n) is 19.9. The van der Waals surface area contributed by atoms with E-state index in [0.29, 0.717) is 19.3 Å². The van der Waals surface area contributed by atoms with Gasteiger partial charge in [-0.1, -0.05) is 271 Å². The average molecular weight is 1010 g/mol. The van der Waals surface area contributed by atoms with Crippen LogP contribution in [0.25, 0.3) is 0 Å². The van der Waals surface area contributed by atoms with Gasteiger partial charge in [0, 0.05) is 19.3 Å². The Morgan fingerprint density at radius 2 is 0.562 bits per heavy atom. The minimum atomic E-state index is -0.817. The molecule has 0 aromatic rings. The summed E-state index contributed by atoms with van der Waals surface area (Å²) in [7, 11) is 0. The molecule has 0 aliphatic carbocycles. The lowest BCUT2D eigenvalue weighted by atomic mass is 10.0. The standard InChI is InChI=1S/C67H112O6/c1-4-7-10-13-16-19-22-25-28-31-33-36-39-42-45-48-51-54-57-60-66(69)72-63-64(62-71-65(68)59-56-53-50-47-44-41-38-35-30-27-24-21-18-15-12-9-6-3)73-67(70)61-58-55-52-49-46-43-40-37-34-32-29-26-23-20-17-14-11-8-5-2/h7,10,16-17,19-20,25-26,28-29,33-34,36-37,42,45,51,54,64H,4-6,8-9,11-15,18,21-24,27,30-32,35,38-41,43-44,46-50,52-53,55-63H2,1-3H3/b10-7-,19-16-,20-17-,28-25-,29-26-,36-33-,37-34-,45-42-,54-51-/t64-/m1/s1. The molecule has 73 heavy (non-hydrogen) atoms. The number of hydrogen-bond donors (Lipinski definition) is 0. The van der Waals surface area contributed by atoms with Crippen LogP contribution in [-0.2, 0) is 28.6 Å². The fourth-order valence-electron chi connectivity index (χ4n) is 8.24. The number of rotatable bonds is 54. The zero-order valence-electron chi connectivity index (χ0n) is 47.6. The minimum Gasteiger partial charge on any atom is -0.462 e. The Labute approximate surface area is 450 Å². The summed E-state index contributed by atoms with van der Waals surface area (Å²) < 4.78 is 16.8. The molecule has 0 aliphatic rings. The highest BCUT2D eigenvalue weighted by Gasteiger charge is 2.19. The largest absolute Gasteiger partial charge is 0.462 e. The molecule has 0 heterocycles. The maximum absolute atomic E-state index is 12.9. The fraction of sp³-hybridized carbons (Fsp3) is 0.687. The second kappa shape index (κ2) is 60.6. The number of allylic oxidation sites excluding steroid dienone is 18. The van der Waals surface area contributed by atoms with Crippen LogP contribution in [0.2, 0.25) is 0 Å². The first kappa shape index (κ1) is 69.1. The van der Waals surface area contributed by atoms with Crippen LogP contribution >= 0.6 is 0 Å². The molecule has 6 nitrogen and oxygen atoms in total. The van der Waals surface area contributed by atoms with Gasteiger partial charge in [-0.3, -0.25) is 14.4 Å². The van der Waals surface area contributed by atoms with E-state index < -0.39 is 6.10 Å². The van der Waals surface area contributed by atoms with E-state index in [1.54, 1.807) is 0 Å². The third-order valence-corrected chi connectivity index (χ3v) is 12.8. The first-order chi connectivity index (χ1) is 36.0. The van der Waals surface area contributed by atoms with Crippen molar-refractivity contribution in [2.45, 2.75) is 284 Å². The Morgan fingerprint density at radius 3 is 0.945 bits per heavy atom. The van der Waals surface area contributed by atoms with Gasteiger partial charge in [-0.05, 0) is 96.3 Å². The van der Waals surface area contributed by atoms with Crippen LogP contribution in [0.4, 0.5) is 0 Å². The molecule has 0 spiro atoms. The van der Waals surface area contributed by atoms with Gasteiger partial charge in [0.1, 0.15) is 13.2 Å². The molecule has 0 saturated carbocycles. The van der Waals surface area contributed by atoms with Crippen LogP contribution in [0.1, 0.15) is 278 Å². The Bertz CT molecular complexity index is 1490. The highest BCUT2D eigenvalue weighted by molar-refractivity contribution is 5.71. The van der Waals surface area contributed by atoms with Crippen molar-refractivity contribution >= 4 is 17.9 Å². The van der Waals surface area contributed by atoms with Crippen molar-refractivity contribution in [1.82, 2.24) is 0 Å². The smallest absolute Gasteiger partial charge is 0.306 e. The van der Waals surface area contributed by atoms with E-state index in [-0.39, 0.29) is 37.5 Å². The van der Waals surface area contributed by atoms with Crippen LogP contribution in [0.3, 0.4) is 0 Å². The monoisotopic (exact) mass is 1010 g/mol. The van der Waals surface area contributed by atoms with Crippen LogP contribution < -0.4 is 0 Å². The van der Waals surface area contributed by atoms with Crippen molar-refractivity contribution < 1.29 is 28.6 Å². The minimum absolute atomic E-state index is 0.106. The highest BCUT2D eigenvalue weighted by Crippen LogP contribution is 2.16. The first-order valence-corrected chi connectivity index (χ1v) is 30.4. The Hall–Kier alpha value is -3.93. The van der Waals surface area contributed by atoms with Crippen molar-refractivity contribution in [2.24, 2.45) is 0 Å². The average Bonchev–Trinajstić information content (AvgIpc) is 3.39. The lowest BCUT2D eigenvalue weighted by Gasteiger charge is -2.18. The summed E-state index contributed by atoms with van der Waals surface area (Å²) in [4.78, 5) is 38.2.